The number of methoxy groups -OCH3 is 1. The van der Waals surface area contributed by atoms with Gasteiger partial charge in [-0.15, -0.1) is 12.4 Å². The lowest BCUT2D eigenvalue weighted by atomic mass is 9.78. The molecule has 1 aromatic carbocycles. The molecule has 35 heavy (non-hydrogen) atoms. The number of fused-ring (bicyclic) bond motifs is 3. The van der Waals surface area contributed by atoms with E-state index in [2.05, 4.69) is 20.8 Å². The highest BCUT2D eigenvalue weighted by Crippen LogP contribution is 2.46. The number of hydrogen-bond donors (Lipinski definition) is 2. The number of carboxylic acid groups (broad SMARTS) is 1. The molecule has 3 N–H and O–H groups in total. The summed E-state index contributed by atoms with van der Waals surface area (Å²) in [5.41, 5.74) is 6.80. The summed E-state index contributed by atoms with van der Waals surface area (Å²) >= 11 is 0. The molecule has 0 aliphatic carbocycles. The molecule has 1 aliphatic rings. The van der Waals surface area contributed by atoms with Gasteiger partial charge in [-0.1, -0.05) is 46.5 Å². The Balaban J connectivity index is 0.00000432. The average Bonchev–Trinajstić information content (AvgIpc) is 2.78. The van der Waals surface area contributed by atoms with Crippen molar-refractivity contribution in [2.45, 2.75) is 71.8 Å². The Morgan fingerprint density at radius 1 is 1.11 bits per heavy atom. The second kappa shape index (κ2) is 12.5. The van der Waals surface area contributed by atoms with E-state index < -0.39 is 11.4 Å². The molecule has 0 saturated carbocycles. The van der Waals surface area contributed by atoms with E-state index in [1.165, 1.54) is 25.3 Å². The standard InChI is InChI=1S/C27H38N2O5.ClH/c1-27(2,3)23-16-18-15-22(34-14-10-8-6-5-7-9-12-28)21(33-4)17-19(18)25-24(26(31)32)20(30)11-13-29(23)25;/h11,13,15,17,23H,5-10,12,14,16,28H2,1-4H3,(H,31,32);1H. The van der Waals surface area contributed by atoms with Crippen molar-refractivity contribution >= 4 is 18.4 Å². The van der Waals surface area contributed by atoms with Crippen LogP contribution in [-0.4, -0.2) is 35.9 Å². The van der Waals surface area contributed by atoms with Gasteiger partial charge in [0.1, 0.15) is 5.56 Å². The topological polar surface area (TPSA) is 104 Å². The van der Waals surface area contributed by atoms with Crippen LogP contribution < -0.4 is 20.6 Å². The fourth-order valence-electron chi connectivity index (χ4n) is 4.72. The largest absolute Gasteiger partial charge is 0.493 e. The second-order valence-electron chi connectivity index (χ2n) is 10.1. The van der Waals surface area contributed by atoms with E-state index in [0.717, 1.165) is 31.4 Å². The molecule has 0 amide bonds. The van der Waals surface area contributed by atoms with Crippen LogP contribution in [0.15, 0.2) is 29.2 Å². The normalized spacial score (nSPS) is 14.5. The van der Waals surface area contributed by atoms with Crippen molar-refractivity contribution in [2.24, 2.45) is 11.1 Å². The molecular weight excluding hydrogens is 468 g/mol. The maximum atomic E-state index is 12.5. The lowest BCUT2D eigenvalue weighted by Crippen LogP contribution is -2.33. The van der Waals surface area contributed by atoms with Crippen LogP contribution in [0.4, 0.5) is 0 Å². The highest BCUT2D eigenvalue weighted by Gasteiger charge is 2.36. The van der Waals surface area contributed by atoms with Gasteiger partial charge in [-0.2, -0.15) is 0 Å². The Labute approximate surface area is 214 Å². The number of ether oxygens (including phenoxy) is 2. The first kappa shape index (κ1) is 28.7. The molecule has 1 aliphatic heterocycles. The number of aromatic carboxylic acids is 1. The fourth-order valence-corrected chi connectivity index (χ4v) is 4.72. The Hall–Kier alpha value is -2.51. The van der Waals surface area contributed by atoms with Crippen molar-refractivity contribution in [1.82, 2.24) is 4.57 Å². The molecule has 0 bridgehead atoms. The molecular formula is C27H39ClN2O5. The van der Waals surface area contributed by atoms with E-state index in [4.69, 9.17) is 15.2 Å². The van der Waals surface area contributed by atoms with Crippen LogP contribution in [0.5, 0.6) is 11.5 Å². The third-order valence-corrected chi connectivity index (χ3v) is 6.59. The zero-order chi connectivity index (χ0) is 24.9. The molecule has 194 valence electrons. The van der Waals surface area contributed by atoms with Crippen LogP contribution in [0.25, 0.3) is 11.3 Å². The lowest BCUT2D eigenvalue weighted by Gasteiger charge is -2.39. The van der Waals surface area contributed by atoms with Gasteiger partial charge >= 0.3 is 5.97 Å². The average molecular weight is 507 g/mol. The van der Waals surface area contributed by atoms with Crippen LogP contribution in [0.2, 0.25) is 0 Å². The van der Waals surface area contributed by atoms with Crippen LogP contribution in [0, 0.1) is 5.41 Å². The molecule has 1 unspecified atom stereocenters. The van der Waals surface area contributed by atoms with Crippen LogP contribution in [-0.2, 0) is 6.42 Å². The number of aromatic nitrogens is 1. The molecule has 0 radical (unpaired) electrons. The first-order chi connectivity index (χ1) is 16.2. The quantitative estimate of drug-likeness (QED) is 0.392. The van der Waals surface area contributed by atoms with Gasteiger partial charge in [0, 0.05) is 23.9 Å². The number of rotatable bonds is 11. The summed E-state index contributed by atoms with van der Waals surface area (Å²) < 4.78 is 13.6. The Kier molecular flexibility index (Phi) is 10.2. The van der Waals surface area contributed by atoms with Crippen molar-refractivity contribution in [3.05, 3.63) is 45.7 Å². The molecule has 0 saturated heterocycles. The Morgan fingerprint density at radius 2 is 1.77 bits per heavy atom. The summed E-state index contributed by atoms with van der Waals surface area (Å²) in [5.74, 6) is -0.0312. The number of halogens is 1. The zero-order valence-electron chi connectivity index (χ0n) is 21.3. The number of carbonyl (C=O) groups is 1. The molecule has 2 heterocycles. The summed E-state index contributed by atoms with van der Waals surface area (Å²) in [5, 5.41) is 9.88. The second-order valence-corrected chi connectivity index (χ2v) is 10.1. The Bertz CT molecular complexity index is 1070. The smallest absolute Gasteiger partial charge is 0.341 e. The van der Waals surface area contributed by atoms with Gasteiger partial charge in [0.25, 0.3) is 0 Å². The number of benzene rings is 1. The highest BCUT2D eigenvalue weighted by atomic mass is 35.5. The first-order valence-electron chi connectivity index (χ1n) is 12.2. The minimum absolute atomic E-state index is 0. The van der Waals surface area contributed by atoms with E-state index >= 15 is 0 Å². The van der Waals surface area contributed by atoms with E-state index in [1.807, 2.05) is 16.7 Å². The van der Waals surface area contributed by atoms with Crippen LogP contribution >= 0.6 is 12.4 Å². The lowest BCUT2D eigenvalue weighted by molar-refractivity contribution is 0.0694. The molecule has 8 heteroatoms. The molecule has 1 atom stereocenters. The first-order valence-corrected chi connectivity index (χ1v) is 12.2. The van der Waals surface area contributed by atoms with Gasteiger partial charge in [0.05, 0.1) is 19.4 Å². The zero-order valence-corrected chi connectivity index (χ0v) is 22.1. The number of carboxylic acids is 1. The van der Waals surface area contributed by atoms with Crippen molar-refractivity contribution in [3.8, 4) is 22.8 Å². The molecule has 0 spiro atoms. The molecule has 3 rings (SSSR count). The Morgan fingerprint density at radius 3 is 2.37 bits per heavy atom. The number of hydrogen-bond acceptors (Lipinski definition) is 5. The summed E-state index contributed by atoms with van der Waals surface area (Å²) in [6.45, 7) is 7.72. The van der Waals surface area contributed by atoms with Gasteiger partial charge in [-0.25, -0.2) is 4.79 Å². The maximum absolute atomic E-state index is 12.5. The summed E-state index contributed by atoms with van der Waals surface area (Å²) in [4.78, 5) is 24.6. The van der Waals surface area contributed by atoms with Gasteiger partial charge < -0.3 is 24.9 Å². The fraction of sp³-hybridized carbons (Fsp3) is 0.556. The molecule has 7 nitrogen and oxygen atoms in total. The number of nitrogens with zero attached hydrogens (tertiary/aromatic N) is 1. The van der Waals surface area contributed by atoms with Crippen molar-refractivity contribution in [3.63, 3.8) is 0 Å². The third-order valence-electron chi connectivity index (χ3n) is 6.59. The predicted molar refractivity (Wildman–Crippen MR) is 141 cm³/mol. The predicted octanol–water partition coefficient (Wildman–Crippen LogP) is 5.47. The van der Waals surface area contributed by atoms with Crippen molar-refractivity contribution in [2.75, 3.05) is 20.3 Å². The van der Waals surface area contributed by atoms with Crippen LogP contribution in [0.3, 0.4) is 0 Å². The summed E-state index contributed by atoms with van der Waals surface area (Å²) in [6.07, 6.45) is 9.09. The minimum atomic E-state index is -1.22. The van der Waals surface area contributed by atoms with Gasteiger partial charge in [0.2, 0.25) is 0 Å². The number of pyridine rings is 1. The molecule has 2 aromatic rings. The van der Waals surface area contributed by atoms with E-state index in [1.54, 1.807) is 13.3 Å². The molecule has 1 aromatic heterocycles. The third kappa shape index (κ3) is 6.58. The summed E-state index contributed by atoms with van der Waals surface area (Å²) in [7, 11) is 1.57. The van der Waals surface area contributed by atoms with E-state index in [0.29, 0.717) is 35.8 Å². The van der Waals surface area contributed by atoms with E-state index in [-0.39, 0.29) is 29.4 Å². The highest BCUT2D eigenvalue weighted by molar-refractivity contribution is 5.96. The monoisotopic (exact) mass is 506 g/mol. The van der Waals surface area contributed by atoms with Gasteiger partial charge in [0.15, 0.2) is 16.9 Å². The maximum Gasteiger partial charge on any atom is 0.341 e. The number of nitrogens with two attached hydrogens (primary N) is 1. The van der Waals surface area contributed by atoms with E-state index in [9.17, 15) is 14.7 Å². The SMILES string of the molecule is COc1cc2c(cc1OCCCCCCCCN)CC(C(C)(C)C)n1ccc(=O)c(C(=O)O)c1-2.Cl. The van der Waals surface area contributed by atoms with Crippen molar-refractivity contribution < 1.29 is 19.4 Å². The van der Waals surface area contributed by atoms with Crippen LogP contribution in [0.1, 0.15) is 81.3 Å². The summed E-state index contributed by atoms with van der Waals surface area (Å²) in [6, 6.07) is 5.11. The number of unbranched alkanes of at least 4 members (excludes halogenated alkanes) is 5. The van der Waals surface area contributed by atoms with Crippen molar-refractivity contribution in [1.29, 1.82) is 0 Å². The van der Waals surface area contributed by atoms with Gasteiger partial charge in [-0.3, -0.25) is 4.79 Å². The molecule has 0 fully saturated rings. The van der Waals surface area contributed by atoms with Gasteiger partial charge in [-0.05, 0) is 48.9 Å². The minimum Gasteiger partial charge on any atom is -0.493 e.